The van der Waals surface area contributed by atoms with Crippen molar-refractivity contribution in [2.45, 2.75) is 10.5 Å². The average Bonchev–Trinajstić information content (AvgIpc) is 1.82. The van der Waals surface area contributed by atoms with Crippen molar-refractivity contribution in [3.63, 3.8) is 0 Å². The number of rotatable bonds is 4. The molecule has 7 nitrogen and oxygen atoms in total. The van der Waals surface area contributed by atoms with Crippen LogP contribution in [0.3, 0.4) is 0 Å². The van der Waals surface area contributed by atoms with Gasteiger partial charge in [-0.1, -0.05) is 0 Å². The van der Waals surface area contributed by atoms with E-state index in [0.717, 1.165) is 0 Å². The molecule has 2 unspecified atom stereocenters. The molecule has 3 N–H and O–H groups in total. The number of hydrogen-bond donors (Lipinski definition) is 4. The summed E-state index contributed by atoms with van der Waals surface area (Å²) in [5.74, 6) is -3.71. The summed E-state index contributed by atoms with van der Waals surface area (Å²) in [6.07, 6.45) is 0. The van der Waals surface area contributed by atoms with Crippen molar-refractivity contribution in [2.24, 2.45) is 0 Å². The van der Waals surface area contributed by atoms with Gasteiger partial charge in [-0.3, -0.25) is 14.1 Å². The molecule has 0 aliphatic heterocycles. The number of carboxylic acids is 2. The average molecular weight is 230 g/mol. The van der Waals surface area contributed by atoms with E-state index in [1.165, 1.54) is 0 Å². The third-order valence-electron chi connectivity index (χ3n) is 1.10. The molecule has 0 heterocycles. The largest absolute Gasteiger partial charge is 0.480 e. The highest BCUT2D eigenvalue weighted by atomic mass is 32.2. The molecule has 0 aliphatic carbocycles. The van der Waals surface area contributed by atoms with Gasteiger partial charge in [0, 0.05) is 0 Å². The third-order valence-corrected chi connectivity index (χ3v) is 2.94. The van der Waals surface area contributed by atoms with Crippen LogP contribution in [0.5, 0.6) is 0 Å². The second-order valence-electron chi connectivity index (χ2n) is 2.06. The molecular weight excluding hydrogens is 224 g/mol. The lowest BCUT2D eigenvalue weighted by Crippen LogP contribution is -2.42. The number of thiol groups is 1. The van der Waals surface area contributed by atoms with Gasteiger partial charge in [0.15, 0.2) is 0 Å². The van der Waals surface area contributed by atoms with Crippen molar-refractivity contribution in [1.82, 2.24) is 0 Å². The lowest BCUT2D eigenvalue weighted by atomic mass is 10.3. The maximum Gasteiger partial charge on any atom is 0.326 e. The molecule has 0 saturated heterocycles. The maximum absolute atomic E-state index is 10.4. The third kappa shape index (κ3) is 3.20. The maximum atomic E-state index is 10.4. The van der Waals surface area contributed by atoms with Crippen LogP contribution in [0.2, 0.25) is 0 Å². The summed E-state index contributed by atoms with van der Waals surface area (Å²) in [5, 5.41) is 12.1. The predicted molar refractivity (Wildman–Crippen MR) is 43.4 cm³/mol. The molecule has 76 valence electrons. The van der Waals surface area contributed by atoms with Crippen LogP contribution in [0.1, 0.15) is 0 Å². The number of hydrogen-bond acceptors (Lipinski definition) is 5. The zero-order valence-corrected chi connectivity index (χ0v) is 7.70. The monoisotopic (exact) mass is 230 g/mol. The van der Waals surface area contributed by atoms with Gasteiger partial charge in [-0.05, 0) is 0 Å². The van der Waals surface area contributed by atoms with Crippen molar-refractivity contribution in [2.75, 3.05) is 0 Å². The van der Waals surface area contributed by atoms with E-state index in [2.05, 4.69) is 12.6 Å². The molecule has 0 saturated carbocycles. The van der Waals surface area contributed by atoms with E-state index in [0.29, 0.717) is 0 Å². The molecule has 0 spiro atoms. The Bertz CT molecular complexity index is 317. The first-order chi connectivity index (χ1) is 5.68. The zero-order chi connectivity index (χ0) is 10.8. The fraction of sp³-hybridized carbons (Fsp3) is 0.500. The van der Waals surface area contributed by atoms with Gasteiger partial charge in [-0.2, -0.15) is 21.0 Å². The Morgan fingerprint density at radius 3 is 1.62 bits per heavy atom. The fourth-order valence-electron chi connectivity index (χ4n) is 0.555. The van der Waals surface area contributed by atoms with E-state index in [9.17, 15) is 18.0 Å². The molecule has 0 amide bonds. The highest BCUT2D eigenvalue weighted by Crippen LogP contribution is 2.11. The second kappa shape index (κ2) is 3.94. The minimum Gasteiger partial charge on any atom is -0.480 e. The van der Waals surface area contributed by atoms with Crippen LogP contribution in [-0.4, -0.2) is 45.6 Å². The summed E-state index contributed by atoms with van der Waals surface area (Å²) in [5.41, 5.74) is 0. The summed E-state index contributed by atoms with van der Waals surface area (Å²) in [6, 6.07) is 0. The van der Waals surface area contributed by atoms with Crippen molar-refractivity contribution in [3.8, 4) is 0 Å². The van der Waals surface area contributed by atoms with E-state index in [-0.39, 0.29) is 0 Å². The van der Waals surface area contributed by atoms with Crippen LogP contribution in [0.4, 0.5) is 0 Å². The Balaban J connectivity index is 5.07. The molecular formula is C4H6O7S2. The van der Waals surface area contributed by atoms with Gasteiger partial charge >= 0.3 is 11.9 Å². The van der Waals surface area contributed by atoms with E-state index >= 15 is 0 Å². The lowest BCUT2D eigenvalue weighted by Gasteiger charge is -2.11. The topological polar surface area (TPSA) is 129 Å². The van der Waals surface area contributed by atoms with Crippen LogP contribution in [0, 0.1) is 0 Å². The van der Waals surface area contributed by atoms with Gasteiger partial charge in [0.05, 0.1) is 0 Å². The van der Waals surface area contributed by atoms with Gasteiger partial charge in [0.25, 0.3) is 10.1 Å². The number of carbonyl (C=O) groups is 2. The van der Waals surface area contributed by atoms with Gasteiger partial charge in [-0.15, -0.1) is 0 Å². The van der Waals surface area contributed by atoms with Gasteiger partial charge in [0.1, 0.15) is 5.25 Å². The fourth-order valence-corrected chi connectivity index (χ4v) is 1.84. The molecule has 0 fully saturated rings. The zero-order valence-electron chi connectivity index (χ0n) is 5.98. The first kappa shape index (κ1) is 12.2. The van der Waals surface area contributed by atoms with Gasteiger partial charge in [-0.25, -0.2) is 0 Å². The number of carboxylic acid groups (broad SMARTS) is 2. The lowest BCUT2D eigenvalue weighted by molar-refractivity contribution is -0.142. The van der Waals surface area contributed by atoms with Crippen LogP contribution in [0.15, 0.2) is 0 Å². The van der Waals surface area contributed by atoms with Crippen LogP contribution in [-0.2, 0) is 19.7 Å². The Hall–Kier alpha value is -0.800. The van der Waals surface area contributed by atoms with Crippen LogP contribution in [0.25, 0.3) is 0 Å². The van der Waals surface area contributed by atoms with E-state index in [4.69, 9.17) is 14.8 Å². The van der Waals surface area contributed by atoms with Crippen molar-refractivity contribution < 1.29 is 32.8 Å². The van der Waals surface area contributed by atoms with E-state index in [1.807, 2.05) is 0 Å². The molecule has 0 aromatic heterocycles. The smallest absolute Gasteiger partial charge is 0.326 e. The van der Waals surface area contributed by atoms with Crippen molar-refractivity contribution in [1.29, 1.82) is 0 Å². The molecule has 0 radical (unpaired) electrons. The normalized spacial score (nSPS) is 16.2. The summed E-state index contributed by atoms with van der Waals surface area (Å²) in [6.45, 7) is 0. The summed E-state index contributed by atoms with van der Waals surface area (Å²) in [4.78, 5) is 20.4. The van der Waals surface area contributed by atoms with Crippen LogP contribution < -0.4 is 0 Å². The first-order valence-electron chi connectivity index (χ1n) is 2.78. The summed E-state index contributed by atoms with van der Waals surface area (Å²) >= 11 is 3.23. The Kier molecular flexibility index (Phi) is 3.70. The van der Waals surface area contributed by atoms with Crippen molar-refractivity contribution in [3.05, 3.63) is 0 Å². The van der Waals surface area contributed by atoms with Crippen molar-refractivity contribution >= 4 is 34.7 Å². The molecule has 0 rings (SSSR count). The Morgan fingerprint density at radius 2 is 1.54 bits per heavy atom. The number of aliphatic carboxylic acids is 2. The minimum atomic E-state index is -4.97. The highest BCUT2D eigenvalue weighted by molar-refractivity contribution is 7.89. The van der Waals surface area contributed by atoms with E-state index < -0.39 is 32.6 Å². The summed E-state index contributed by atoms with van der Waals surface area (Å²) < 4.78 is 29.1. The Morgan fingerprint density at radius 1 is 1.15 bits per heavy atom. The van der Waals surface area contributed by atoms with Crippen LogP contribution >= 0.6 is 12.6 Å². The second-order valence-corrected chi connectivity index (χ2v) is 4.15. The molecule has 0 bridgehead atoms. The summed E-state index contributed by atoms with van der Waals surface area (Å²) in [7, 11) is -4.97. The van der Waals surface area contributed by atoms with Gasteiger partial charge < -0.3 is 10.2 Å². The highest BCUT2D eigenvalue weighted by Gasteiger charge is 2.41. The molecule has 13 heavy (non-hydrogen) atoms. The van der Waals surface area contributed by atoms with E-state index in [1.54, 1.807) is 0 Å². The SMILES string of the molecule is O=C(O)C(S)C(C(=O)O)S(=O)(=O)O. The molecule has 0 aromatic carbocycles. The molecule has 2 atom stereocenters. The van der Waals surface area contributed by atoms with Gasteiger partial charge in [0.2, 0.25) is 5.25 Å². The minimum absolute atomic E-state index is 1.74. The quantitative estimate of drug-likeness (QED) is 0.349. The standard InChI is InChI=1S/C4H6O7S2/c5-3(6)1(12)2(4(7)8)13(9,10)11/h1-2,12H,(H,5,6)(H,7,8)(H,9,10,11). The predicted octanol–water partition coefficient (Wildman–Crippen LogP) is -1.29. The molecule has 0 aromatic rings. The molecule has 0 aliphatic rings. The Labute approximate surface area is 78.5 Å². The molecule has 9 heteroatoms. The first-order valence-corrected chi connectivity index (χ1v) is 4.80.